The van der Waals surface area contributed by atoms with Crippen LogP contribution in [0.2, 0.25) is 0 Å². The zero-order valence-electron chi connectivity index (χ0n) is 21.3. The molecule has 3 heterocycles. The molecule has 0 unspecified atom stereocenters. The second kappa shape index (κ2) is 10.0. The molecule has 0 saturated carbocycles. The van der Waals surface area contributed by atoms with Crippen LogP contribution in [0.15, 0.2) is 54.9 Å². The molecule has 8 nitrogen and oxygen atoms in total. The number of H-pyrrole nitrogens is 1. The van der Waals surface area contributed by atoms with E-state index in [1.807, 2.05) is 51.2 Å². The van der Waals surface area contributed by atoms with Crippen LogP contribution in [0.4, 0.5) is 4.79 Å². The molecule has 37 heavy (non-hydrogen) atoms. The number of carbonyl (C=O) groups is 1. The number of nitrogens with zero attached hydrogens (tertiary/aromatic N) is 3. The van der Waals surface area contributed by atoms with Crippen molar-refractivity contribution in [3.05, 3.63) is 60.4 Å². The van der Waals surface area contributed by atoms with Crippen molar-refractivity contribution in [1.29, 1.82) is 5.26 Å². The highest BCUT2D eigenvalue weighted by Gasteiger charge is 2.27. The summed E-state index contributed by atoms with van der Waals surface area (Å²) in [6, 6.07) is 15.4. The average Bonchev–Trinajstić information content (AvgIpc) is 3.34. The first-order valence-corrected chi connectivity index (χ1v) is 12.5. The van der Waals surface area contributed by atoms with E-state index in [4.69, 9.17) is 14.2 Å². The predicted molar refractivity (Wildman–Crippen MR) is 141 cm³/mol. The Labute approximate surface area is 215 Å². The summed E-state index contributed by atoms with van der Waals surface area (Å²) in [5, 5.41) is 11.6. The average molecular weight is 499 g/mol. The van der Waals surface area contributed by atoms with E-state index in [1.54, 1.807) is 29.3 Å². The number of rotatable bonds is 5. The molecule has 4 aromatic rings. The number of aromatic amines is 1. The number of ether oxygens (including phenoxy) is 3. The SMILES string of the molecule is CC(C)(C)OC(=O)N1CCC(COc2cc3nccc(Oc4ccc5[nH]ccc5c4)c3cc2C#N)CC1. The lowest BCUT2D eigenvalue weighted by Gasteiger charge is -2.33. The van der Waals surface area contributed by atoms with Crippen molar-refractivity contribution in [1.82, 2.24) is 14.9 Å². The minimum atomic E-state index is -0.504. The summed E-state index contributed by atoms with van der Waals surface area (Å²) in [7, 11) is 0. The van der Waals surface area contributed by atoms with Crippen LogP contribution in [-0.4, -0.2) is 46.3 Å². The number of benzene rings is 2. The third-order valence-corrected chi connectivity index (χ3v) is 6.42. The third kappa shape index (κ3) is 5.61. The number of amides is 1. The highest BCUT2D eigenvalue weighted by atomic mass is 16.6. The molecule has 8 heteroatoms. The van der Waals surface area contributed by atoms with Crippen molar-refractivity contribution in [3.8, 4) is 23.3 Å². The van der Waals surface area contributed by atoms with Gasteiger partial charge in [0.1, 0.15) is 28.9 Å². The van der Waals surface area contributed by atoms with E-state index in [1.165, 1.54) is 0 Å². The largest absolute Gasteiger partial charge is 0.492 e. The number of nitriles is 1. The fourth-order valence-corrected chi connectivity index (χ4v) is 4.48. The number of pyridine rings is 1. The highest BCUT2D eigenvalue weighted by molar-refractivity contribution is 5.88. The Morgan fingerprint density at radius 3 is 2.70 bits per heavy atom. The minimum absolute atomic E-state index is 0.273. The van der Waals surface area contributed by atoms with Crippen LogP contribution in [0.1, 0.15) is 39.2 Å². The Balaban J connectivity index is 1.27. The van der Waals surface area contributed by atoms with Crippen LogP contribution in [0.3, 0.4) is 0 Å². The molecule has 5 rings (SSSR count). The number of hydrogen-bond acceptors (Lipinski definition) is 6. The molecule has 1 N–H and O–H groups in total. The first-order valence-electron chi connectivity index (χ1n) is 12.5. The molecular formula is C29H30N4O4. The van der Waals surface area contributed by atoms with Gasteiger partial charge in [-0.2, -0.15) is 5.26 Å². The van der Waals surface area contributed by atoms with Crippen LogP contribution in [0.5, 0.6) is 17.2 Å². The van der Waals surface area contributed by atoms with Crippen molar-refractivity contribution in [3.63, 3.8) is 0 Å². The van der Waals surface area contributed by atoms with Gasteiger partial charge in [-0.1, -0.05) is 0 Å². The number of fused-ring (bicyclic) bond motifs is 2. The smallest absolute Gasteiger partial charge is 0.410 e. The van der Waals surface area contributed by atoms with E-state index in [9.17, 15) is 10.1 Å². The van der Waals surface area contributed by atoms with Crippen LogP contribution in [-0.2, 0) is 4.74 Å². The zero-order valence-corrected chi connectivity index (χ0v) is 21.3. The topological polar surface area (TPSA) is 100 Å². The number of piperidine rings is 1. The monoisotopic (exact) mass is 498 g/mol. The van der Waals surface area contributed by atoms with E-state index in [0.29, 0.717) is 48.0 Å². The van der Waals surface area contributed by atoms with E-state index in [-0.39, 0.29) is 12.0 Å². The lowest BCUT2D eigenvalue weighted by atomic mass is 9.98. The summed E-state index contributed by atoms with van der Waals surface area (Å²) in [4.78, 5) is 21.7. The number of nitrogens with one attached hydrogen (secondary N) is 1. The summed E-state index contributed by atoms with van der Waals surface area (Å²) >= 11 is 0. The Morgan fingerprint density at radius 2 is 1.95 bits per heavy atom. The zero-order chi connectivity index (χ0) is 26.0. The molecule has 1 aliphatic rings. The molecule has 1 aliphatic heterocycles. The van der Waals surface area contributed by atoms with Crippen molar-refractivity contribution < 1.29 is 19.0 Å². The maximum absolute atomic E-state index is 12.3. The molecule has 0 atom stereocenters. The number of hydrogen-bond donors (Lipinski definition) is 1. The maximum atomic E-state index is 12.3. The van der Waals surface area contributed by atoms with Gasteiger partial charge in [0.05, 0.1) is 17.7 Å². The quantitative estimate of drug-likeness (QED) is 0.341. The summed E-state index contributed by atoms with van der Waals surface area (Å²) < 4.78 is 17.8. The molecule has 1 fully saturated rings. The molecule has 1 saturated heterocycles. The molecule has 0 radical (unpaired) electrons. The van der Waals surface area contributed by atoms with Crippen LogP contribution >= 0.6 is 0 Å². The van der Waals surface area contributed by atoms with Gasteiger partial charge in [0.2, 0.25) is 0 Å². The number of aromatic nitrogens is 2. The fourth-order valence-electron chi connectivity index (χ4n) is 4.48. The third-order valence-electron chi connectivity index (χ3n) is 6.42. The van der Waals surface area contributed by atoms with Gasteiger partial charge < -0.3 is 24.1 Å². The molecule has 1 amide bonds. The molecule has 0 spiro atoms. The molecule has 0 bridgehead atoms. The van der Waals surface area contributed by atoms with Crippen molar-refractivity contribution >= 4 is 27.9 Å². The summed E-state index contributed by atoms with van der Waals surface area (Å²) in [5.74, 6) is 2.11. The van der Waals surface area contributed by atoms with Crippen LogP contribution in [0.25, 0.3) is 21.8 Å². The van der Waals surface area contributed by atoms with E-state index in [0.717, 1.165) is 29.1 Å². The Bertz CT molecular complexity index is 1470. The van der Waals surface area contributed by atoms with Gasteiger partial charge in [0.25, 0.3) is 0 Å². The van der Waals surface area contributed by atoms with E-state index >= 15 is 0 Å². The van der Waals surface area contributed by atoms with Crippen molar-refractivity contribution in [2.24, 2.45) is 5.92 Å². The van der Waals surface area contributed by atoms with Gasteiger partial charge in [-0.3, -0.25) is 4.98 Å². The van der Waals surface area contributed by atoms with Gasteiger partial charge in [-0.15, -0.1) is 0 Å². The van der Waals surface area contributed by atoms with Gasteiger partial charge in [-0.25, -0.2) is 4.79 Å². The first-order chi connectivity index (χ1) is 17.8. The maximum Gasteiger partial charge on any atom is 0.410 e. The Kier molecular flexibility index (Phi) is 6.62. The normalized spacial score (nSPS) is 14.5. The van der Waals surface area contributed by atoms with Gasteiger partial charge in [0.15, 0.2) is 0 Å². The molecule has 2 aromatic heterocycles. The first kappa shape index (κ1) is 24.4. The van der Waals surface area contributed by atoms with Gasteiger partial charge >= 0.3 is 6.09 Å². The lowest BCUT2D eigenvalue weighted by Crippen LogP contribution is -2.42. The Hall–Kier alpha value is -4.25. The van der Waals surface area contributed by atoms with Crippen LogP contribution in [0, 0.1) is 17.2 Å². The number of carbonyl (C=O) groups excluding carboxylic acids is 1. The predicted octanol–water partition coefficient (Wildman–Crippen LogP) is 6.41. The second-order valence-electron chi connectivity index (χ2n) is 10.3. The number of likely N-dealkylation sites (tertiary alicyclic amines) is 1. The van der Waals surface area contributed by atoms with E-state index in [2.05, 4.69) is 16.0 Å². The summed E-state index contributed by atoms with van der Waals surface area (Å²) in [6.07, 6.45) is 4.94. The fraction of sp³-hybridized carbons (Fsp3) is 0.345. The van der Waals surface area contributed by atoms with Crippen LogP contribution < -0.4 is 9.47 Å². The molecule has 0 aliphatic carbocycles. The molecule has 190 valence electrons. The second-order valence-corrected chi connectivity index (χ2v) is 10.3. The molecular weight excluding hydrogens is 468 g/mol. The molecule has 2 aromatic carbocycles. The summed E-state index contributed by atoms with van der Waals surface area (Å²) in [6.45, 7) is 7.33. The van der Waals surface area contributed by atoms with Crippen molar-refractivity contribution in [2.75, 3.05) is 19.7 Å². The summed E-state index contributed by atoms with van der Waals surface area (Å²) in [5.41, 5.74) is 1.65. The Morgan fingerprint density at radius 1 is 1.14 bits per heavy atom. The standard InChI is InChI=1S/C29H30N4O4/c1-29(2,3)37-28(34)33-12-8-19(9-13-33)18-35-27-16-25-23(15-21(27)17-30)26(7-11-32-25)36-22-4-5-24-20(14-22)6-10-31-24/h4-7,10-11,14-16,19,31H,8-9,12-13,18H2,1-3H3. The van der Waals surface area contributed by atoms with E-state index < -0.39 is 5.60 Å². The van der Waals surface area contributed by atoms with Gasteiger partial charge in [0, 0.05) is 47.8 Å². The lowest BCUT2D eigenvalue weighted by molar-refractivity contribution is 0.0165. The van der Waals surface area contributed by atoms with Gasteiger partial charge in [-0.05, 0) is 75.9 Å². The highest BCUT2D eigenvalue weighted by Crippen LogP contribution is 2.34. The minimum Gasteiger partial charge on any atom is -0.492 e. The van der Waals surface area contributed by atoms with Crippen molar-refractivity contribution in [2.45, 2.75) is 39.2 Å².